The van der Waals surface area contributed by atoms with E-state index in [2.05, 4.69) is 10.6 Å². The number of nitro groups is 1. The van der Waals surface area contributed by atoms with Crippen LogP contribution in [0.3, 0.4) is 0 Å². The molecule has 0 aliphatic rings. The number of ether oxygens (including phenoxy) is 2. The van der Waals surface area contributed by atoms with Crippen LogP contribution in [-0.2, 0) is 28.7 Å². The Labute approximate surface area is 179 Å². The van der Waals surface area contributed by atoms with Gasteiger partial charge in [0.15, 0.2) is 0 Å². The fraction of sp³-hybridized carbons (Fsp3) is 0.500. The molecule has 0 saturated heterocycles. The van der Waals surface area contributed by atoms with Gasteiger partial charge in [0.25, 0.3) is 5.69 Å². The van der Waals surface area contributed by atoms with E-state index in [9.17, 15) is 29.3 Å². The molecule has 0 radical (unpaired) electrons. The summed E-state index contributed by atoms with van der Waals surface area (Å²) in [5, 5.41) is 16.0. The van der Waals surface area contributed by atoms with Gasteiger partial charge in [0.05, 0.1) is 25.6 Å². The van der Waals surface area contributed by atoms with Crippen molar-refractivity contribution in [2.45, 2.75) is 45.2 Å². The Hall–Kier alpha value is -3.50. The highest BCUT2D eigenvalue weighted by atomic mass is 16.6. The molecule has 1 rings (SSSR count). The molecule has 0 aromatic heterocycles. The van der Waals surface area contributed by atoms with Crippen LogP contribution < -0.4 is 10.6 Å². The zero-order valence-corrected chi connectivity index (χ0v) is 18.0. The fourth-order valence-electron chi connectivity index (χ4n) is 2.98. The van der Waals surface area contributed by atoms with Crippen LogP contribution in [0.4, 0.5) is 5.69 Å². The Balaban J connectivity index is 3.35. The number of carbonyl (C=O) groups is 4. The van der Waals surface area contributed by atoms with Crippen molar-refractivity contribution in [1.29, 1.82) is 0 Å². The molecule has 0 fully saturated rings. The predicted octanol–water partition coefficient (Wildman–Crippen LogP) is 1.06. The van der Waals surface area contributed by atoms with E-state index in [1.54, 1.807) is 13.8 Å². The number of non-ortho nitro benzene ring substituents is 1. The van der Waals surface area contributed by atoms with Gasteiger partial charge in [0.2, 0.25) is 11.8 Å². The molecular formula is C20H27N3O8. The summed E-state index contributed by atoms with van der Waals surface area (Å²) in [4.78, 5) is 59.2. The highest BCUT2D eigenvalue weighted by molar-refractivity contribution is 5.91. The van der Waals surface area contributed by atoms with Crippen LogP contribution in [0.5, 0.6) is 0 Å². The lowest BCUT2D eigenvalue weighted by atomic mass is 9.87. The molecule has 1 aromatic carbocycles. The second-order valence-corrected chi connectivity index (χ2v) is 7.17. The summed E-state index contributed by atoms with van der Waals surface area (Å²) >= 11 is 0. The molecule has 2 amide bonds. The first kappa shape index (κ1) is 25.5. The molecule has 31 heavy (non-hydrogen) atoms. The number of nitrogens with one attached hydrogen (secondary N) is 2. The summed E-state index contributed by atoms with van der Waals surface area (Å²) in [5.41, 5.74) is 0.206. The summed E-state index contributed by atoms with van der Waals surface area (Å²) in [6.07, 6.45) is -0.305. The number of hydrogen-bond donors (Lipinski definition) is 2. The lowest BCUT2D eigenvalue weighted by Crippen LogP contribution is -2.55. The average Bonchev–Trinajstić information content (AvgIpc) is 2.73. The monoisotopic (exact) mass is 437 g/mol. The lowest BCUT2D eigenvalue weighted by molar-refractivity contribution is -0.384. The number of methoxy groups -OCH3 is 2. The predicted molar refractivity (Wildman–Crippen MR) is 109 cm³/mol. The summed E-state index contributed by atoms with van der Waals surface area (Å²) in [5.74, 6) is -3.78. The van der Waals surface area contributed by atoms with Crippen LogP contribution in [0.1, 0.15) is 38.7 Å². The molecule has 0 aliphatic heterocycles. The molecule has 170 valence electrons. The second kappa shape index (κ2) is 11.6. The van der Waals surface area contributed by atoms with Gasteiger partial charge in [0.1, 0.15) is 12.1 Å². The standard InChI is InChI=1S/C20H27N3O8/c1-11(2)17(21-12(3)24)19(26)22-18(20(27)31-5)15(10-16(25)30-4)13-6-8-14(9-7-13)23(28)29/h6-9,11,15,17-18H,10H2,1-5H3,(H,21,24)(H,22,26)/t15-,17-,18+/m1/s1. The maximum absolute atomic E-state index is 12.8. The molecule has 0 spiro atoms. The van der Waals surface area contributed by atoms with E-state index in [1.807, 2.05) is 0 Å². The van der Waals surface area contributed by atoms with E-state index in [4.69, 9.17) is 9.47 Å². The molecule has 11 nitrogen and oxygen atoms in total. The van der Waals surface area contributed by atoms with Crippen molar-refractivity contribution >= 4 is 29.4 Å². The van der Waals surface area contributed by atoms with Crippen LogP contribution in [-0.4, -0.2) is 55.0 Å². The SMILES string of the molecule is COC(=O)C[C@H](c1ccc([N+](=O)[O-])cc1)[C@H](NC(=O)[C@H](NC(C)=O)C(C)C)C(=O)OC. The third-order valence-corrected chi connectivity index (χ3v) is 4.61. The highest BCUT2D eigenvalue weighted by Gasteiger charge is 2.36. The molecule has 2 N–H and O–H groups in total. The molecule has 0 bridgehead atoms. The van der Waals surface area contributed by atoms with E-state index in [0.717, 1.165) is 7.11 Å². The minimum Gasteiger partial charge on any atom is -0.469 e. The van der Waals surface area contributed by atoms with Crippen LogP contribution in [0, 0.1) is 16.0 Å². The first-order valence-electron chi connectivity index (χ1n) is 9.48. The zero-order chi connectivity index (χ0) is 23.7. The van der Waals surface area contributed by atoms with E-state index < -0.39 is 46.7 Å². The number of esters is 2. The molecule has 11 heteroatoms. The first-order valence-corrected chi connectivity index (χ1v) is 9.48. The summed E-state index contributed by atoms with van der Waals surface area (Å²) in [6, 6.07) is 2.99. The Morgan fingerprint density at radius 1 is 1.00 bits per heavy atom. The topological polar surface area (TPSA) is 154 Å². The van der Waals surface area contributed by atoms with Crippen molar-refractivity contribution in [2.75, 3.05) is 14.2 Å². The van der Waals surface area contributed by atoms with Gasteiger partial charge >= 0.3 is 11.9 Å². The minimum absolute atomic E-state index is 0.176. The molecule has 0 heterocycles. The van der Waals surface area contributed by atoms with Gasteiger partial charge in [-0.2, -0.15) is 0 Å². The Bertz CT molecular complexity index is 822. The normalized spacial score (nSPS) is 13.5. The largest absolute Gasteiger partial charge is 0.469 e. The summed E-state index contributed by atoms with van der Waals surface area (Å²) in [7, 11) is 2.30. The number of benzene rings is 1. The summed E-state index contributed by atoms with van der Waals surface area (Å²) < 4.78 is 9.51. The maximum atomic E-state index is 12.8. The fourth-order valence-corrected chi connectivity index (χ4v) is 2.98. The van der Waals surface area contributed by atoms with E-state index in [1.165, 1.54) is 38.3 Å². The maximum Gasteiger partial charge on any atom is 0.329 e. The number of nitro benzene ring substituents is 1. The third kappa shape index (κ3) is 7.36. The van der Waals surface area contributed by atoms with Crippen molar-refractivity contribution in [3.63, 3.8) is 0 Å². The number of amides is 2. The molecule has 1 aromatic rings. The van der Waals surface area contributed by atoms with E-state index in [-0.39, 0.29) is 18.0 Å². The van der Waals surface area contributed by atoms with Crippen LogP contribution in [0.25, 0.3) is 0 Å². The Morgan fingerprint density at radius 2 is 1.58 bits per heavy atom. The molecule has 3 atom stereocenters. The quantitative estimate of drug-likeness (QED) is 0.313. The average molecular weight is 437 g/mol. The highest BCUT2D eigenvalue weighted by Crippen LogP contribution is 2.27. The van der Waals surface area contributed by atoms with Crippen molar-refractivity contribution in [2.24, 2.45) is 5.92 Å². The smallest absolute Gasteiger partial charge is 0.329 e. The van der Waals surface area contributed by atoms with Crippen molar-refractivity contribution in [3.05, 3.63) is 39.9 Å². The van der Waals surface area contributed by atoms with Crippen molar-refractivity contribution < 1.29 is 33.6 Å². The van der Waals surface area contributed by atoms with Crippen molar-refractivity contribution in [3.8, 4) is 0 Å². The lowest BCUT2D eigenvalue weighted by Gasteiger charge is -2.29. The van der Waals surface area contributed by atoms with E-state index >= 15 is 0 Å². The van der Waals surface area contributed by atoms with Gasteiger partial charge in [0, 0.05) is 25.0 Å². The van der Waals surface area contributed by atoms with Gasteiger partial charge < -0.3 is 20.1 Å². The van der Waals surface area contributed by atoms with Gasteiger partial charge in [-0.25, -0.2) is 4.79 Å². The second-order valence-electron chi connectivity index (χ2n) is 7.17. The zero-order valence-electron chi connectivity index (χ0n) is 18.0. The van der Waals surface area contributed by atoms with Crippen LogP contribution in [0.15, 0.2) is 24.3 Å². The number of hydrogen-bond acceptors (Lipinski definition) is 8. The number of nitrogens with zero attached hydrogens (tertiary/aromatic N) is 1. The van der Waals surface area contributed by atoms with Gasteiger partial charge in [-0.1, -0.05) is 26.0 Å². The number of rotatable bonds is 10. The van der Waals surface area contributed by atoms with Gasteiger partial charge in [-0.3, -0.25) is 24.5 Å². The van der Waals surface area contributed by atoms with Crippen LogP contribution >= 0.6 is 0 Å². The first-order chi connectivity index (χ1) is 14.5. The third-order valence-electron chi connectivity index (χ3n) is 4.61. The van der Waals surface area contributed by atoms with E-state index in [0.29, 0.717) is 5.56 Å². The molecule has 0 unspecified atom stereocenters. The van der Waals surface area contributed by atoms with Gasteiger partial charge in [-0.05, 0) is 11.5 Å². The molecule has 0 saturated carbocycles. The molecular weight excluding hydrogens is 410 g/mol. The van der Waals surface area contributed by atoms with Crippen LogP contribution in [0.2, 0.25) is 0 Å². The Morgan fingerprint density at radius 3 is 2.00 bits per heavy atom. The molecule has 0 aliphatic carbocycles. The van der Waals surface area contributed by atoms with Gasteiger partial charge in [-0.15, -0.1) is 0 Å². The van der Waals surface area contributed by atoms with Crippen molar-refractivity contribution in [1.82, 2.24) is 10.6 Å². The minimum atomic E-state index is -1.31. The summed E-state index contributed by atoms with van der Waals surface area (Å²) in [6.45, 7) is 4.70. The Kier molecular flexibility index (Phi) is 9.58. The number of carbonyl (C=O) groups excluding carboxylic acids is 4.